The van der Waals surface area contributed by atoms with Gasteiger partial charge in [-0.05, 0) is 18.2 Å². The van der Waals surface area contributed by atoms with Crippen LogP contribution in [0.1, 0.15) is 16.7 Å². The van der Waals surface area contributed by atoms with Crippen molar-refractivity contribution in [3.8, 4) is 6.07 Å². The van der Waals surface area contributed by atoms with E-state index in [4.69, 9.17) is 10.00 Å². The summed E-state index contributed by atoms with van der Waals surface area (Å²) in [6.45, 7) is -0.680. The first-order valence-electron chi connectivity index (χ1n) is 7.45. The van der Waals surface area contributed by atoms with Gasteiger partial charge in [-0.2, -0.15) is 18.4 Å². The highest BCUT2D eigenvalue weighted by molar-refractivity contribution is 5.77. The molecular weight excluding hydrogens is 367 g/mol. The Balaban J connectivity index is 2.02. The minimum Gasteiger partial charge on any atom is -0.459 e. The zero-order valence-corrected chi connectivity index (χ0v) is 13.6. The van der Waals surface area contributed by atoms with Crippen molar-refractivity contribution in [2.24, 2.45) is 0 Å². The first kappa shape index (κ1) is 19.7. The quantitative estimate of drug-likeness (QED) is 0.467. The Bertz CT molecular complexity index is 907. The number of nitrogens with one attached hydrogen (secondary N) is 1. The summed E-state index contributed by atoms with van der Waals surface area (Å²) in [7, 11) is 0. The summed E-state index contributed by atoms with van der Waals surface area (Å²) < 4.78 is 42.9. The van der Waals surface area contributed by atoms with Crippen molar-refractivity contribution >= 4 is 17.3 Å². The highest BCUT2D eigenvalue weighted by Crippen LogP contribution is 2.34. The number of carbonyl (C=O) groups is 1. The van der Waals surface area contributed by atoms with Gasteiger partial charge in [-0.1, -0.05) is 18.2 Å². The Kier molecular flexibility index (Phi) is 5.97. The van der Waals surface area contributed by atoms with Gasteiger partial charge in [-0.3, -0.25) is 14.9 Å². The van der Waals surface area contributed by atoms with Crippen LogP contribution in [0.5, 0.6) is 0 Å². The van der Waals surface area contributed by atoms with Crippen LogP contribution in [-0.4, -0.2) is 17.4 Å². The highest BCUT2D eigenvalue weighted by Gasteiger charge is 2.33. The van der Waals surface area contributed by atoms with E-state index in [9.17, 15) is 28.1 Å². The number of halogens is 3. The van der Waals surface area contributed by atoms with Gasteiger partial charge in [0.2, 0.25) is 0 Å². The number of nitro groups is 1. The fourth-order valence-electron chi connectivity index (χ4n) is 2.14. The van der Waals surface area contributed by atoms with Crippen LogP contribution in [0.15, 0.2) is 42.5 Å². The molecule has 0 spiro atoms. The van der Waals surface area contributed by atoms with Gasteiger partial charge < -0.3 is 10.1 Å². The summed E-state index contributed by atoms with van der Waals surface area (Å²) >= 11 is 0. The lowest BCUT2D eigenvalue weighted by atomic mass is 10.1. The van der Waals surface area contributed by atoms with Crippen molar-refractivity contribution in [2.75, 3.05) is 11.9 Å². The molecular formula is C17H12F3N3O4. The number of rotatable bonds is 6. The molecule has 0 radical (unpaired) electrons. The summed E-state index contributed by atoms with van der Waals surface area (Å²) in [5.74, 6) is -0.795. The van der Waals surface area contributed by atoms with Gasteiger partial charge >= 0.3 is 12.1 Å². The van der Waals surface area contributed by atoms with Crippen LogP contribution in [0, 0.1) is 21.4 Å². The number of nitro benzene ring substituents is 1. The largest absolute Gasteiger partial charge is 0.459 e. The van der Waals surface area contributed by atoms with Crippen LogP contribution < -0.4 is 5.32 Å². The number of benzene rings is 2. The molecule has 0 aliphatic heterocycles. The summed E-state index contributed by atoms with van der Waals surface area (Å²) in [4.78, 5) is 21.8. The normalized spacial score (nSPS) is 10.7. The van der Waals surface area contributed by atoms with Gasteiger partial charge in [0.25, 0.3) is 5.69 Å². The lowest BCUT2D eigenvalue weighted by molar-refractivity contribution is -0.384. The van der Waals surface area contributed by atoms with Crippen molar-refractivity contribution in [1.82, 2.24) is 0 Å². The van der Waals surface area contributed by atoms with Crippen LogP contribution >= 0.6 is 0 Å². The number of hydrogen-bond donors (Lipinski definition) is 1. The van der Waals surface area contributed by atoms with Gasteiger partial charge in [-0.25, -0.2) is 0 Å². The van der Waals surface area contributed by atoms with E-state index in [0.29, 0.717) is 23.3 Å². The minimum absolute atomic E-state index is 0.181. The van der Waals surface area contributed by atoms with E-state index in [2.05, 4.69) is 5.32 Å². The molecule has 27 heavy (non-hydrogen) atoms. The number of esters is 1. The van der Waals surface area contributed by atoms with Crippen LogP contribution in [-0.2, 0) is 22.3 Å². The molecule has 0 unspecified atom stereocenters. The number of alkyl halides is 3. The van der Waals surface area contributed by atoms with Crippen molar-refractivity contribution in [1.29, 1.82) is 5.26 Å². The van der Waals surface area contributed by atoms with Crippen LogP contribution in [0.4, 0.5) is 24.5 Å². The maximum atomic E-state index is 12.7. The van der Waals surface area contributed by atoms with Gasteiger partial charge in [0.05, 0.1) is 22.1 Å². The number of carbonyl (C=O) groups excluding carboxylic acids is 1. The molecule has 0 aliphatic carbocycles. The zero-order chi connectivity index (χ0) is 20.0. The van der Waals surface area contributed by atoms with E-state index in [1.165, 1.54) is 0 Å². The molecule has 0 aliphatic rings. The van der Waals surface area contributed by atoms with E-state index >= 15 is 0 Å². The van der Waals surface area contributed by atoms with E-state index < -0.39 is 34.9 Å². The number of ether oxygens (including phenoxy) is 1. The van der Waals surface area contributed by atoms with Gasteiger partial charge in [-0.15, -0.1) is 0 Å². The van der Waals surface area contributed by atoms with Crippen LogP contribution in [0.3, 0.4) is 0 Å². The van der Waals surface area contributed by atoms with E-state index in [1.807, 2.05) is 6.07 Å². The average molecular weight is 379 g/mol. The number of anilines is 1. The molecule has 1 N–H and O–H groups in total. The van der Waals surface area contributed by atoms with Crippen molar-refractivity contribution in [3.63, 3.8) is 0 Å². The monoisotopic (exact) mass is 379 g/mol. The maximum Gasteiger partial charge on any atom is 0.416 e. The van der Waals surface area contributed by atoms with Crippen molar-refractivity contribution in [3.05, 3.63) is 69.3 Å². The molecule has 0 fully saturated rings. The van der Waals surface area contributed by atoms with Crippen molar-refractivity contribution < 1.29 is 27.6 Å². The second-order valence-electron chi connectivity index (χ2n) is 5.27. The Labute approximate surface area is 151 Å². The predicted molar refractivity (Wildman–Crippen MR) is 87.5 cm³/mol. The Morgan fingerprint density at radius 3 is 2.59 bits per heavy atom. The number of nitriles is 1. The molecule has 10 heteroatoms. The average Bonchev–Trinajstić information content (AvgIpc) is 2.63. The molecule has 140 valence electrons. The molecule has 2 aromatic carbocycles. The Morgan fingerprint density at radius 1 is 1.26 bits per heavy atom. The third kappa shape index (κ3) is 5.18. The molecule has 0 atom stereocenters. The van der Waals surface area contributed by atoms with Crippen LogP contribution in [0.25, 0.3) is 0 Å². The molecule has 2 rings (SSSR count). The fraction of sp³-hybridized carbons (Fsp3) is 0.176. The van der Waals surface area contributed by atoms with Crippen LogP contribution in [0.2, 0.25) is 0 Å². The molecule has 0 heterocycles. The summed E-state index contributed by atoms with van der Waals surface area (Å²) in [6.07, 6.45) is -4.73. The van der Waals surface area contributed by atoms with E-state index in [0.717, 1.165) is 6.07 Å². The number of nitrogens with zero attached hydrogens (tertiary/aromatic N) is 2. The standard InChI is InChI=1S/C17H12F3N3O4/c18-17(19,20)13-5-6-14(15(7-13)23(25)26)22-9-16(24)27-10-12-4-2-1-3-11(12)8-21/h1-7,22H,9-10H2. The molecule has 0 saturated heterocycles. The molecule has 2 aromatic rings. The number of hydrogen-bond acceptors (Lipinski definition) is 6. The molecule has 0 aromatic heterocycles. The lowest BCUT2D eigenvalue weighted by Crippen LogP contribution is -2.18. The molecule has 0 bridgehead atoms. The fourth-order valence-corrected chi connectivity index (χ4v) is 2.14. The van der Waals surface area contributed by atoms with Gasteiger partial charge in [0.15, 0.2) is 0 Å². The maximum absolute atomic E-state index is 12.7. The molecule has 7 nitrogen and oxygen atoms in total. The second-order valence-corrected chi connectivity index (χ2v) is 5.27. The summed E-state index contributed by atoms with van der Waals surface area (Å²) in [6, 6.07) is 10.3. The zero-order valence-electron chi connectivity index (χ0n) is 13.6. The summed E-state index contributed by atoms with van der Waals surface area (Å²) in [5.41, 5.74) is -1.42. The Morgan fingerprint density at radius 2 is 1.96 bits per heavy atom. The second kappa shape index (κ2) is 8.18. The van der Waals surface area contributed by atoms with E-state index in [1.54, 1.807) is 24.3 Å². The van der Waals surface area contributed by atoms with Crippen molar-refractivity contribution in [2.45, 2.75) is 12.8 Å². The highest BCUT2D eigenvalue weighted by atomic mass is 19.4. The smallest absolute Gasteiger partial charge is 0.416 e. The lowest BCUT2D eigenvalue weighted by Gasteiger charge is -2.11. The summed E-state index contributed by atoms with van der Waals surface area (Å²) in [5, 5.41) is 22.3. The third-order valence-electron chi connectivity index (χ3n) is 3.47. The van der Waals surface area contributed by atoms with E-state index in [-0.39, 0.29) is 12.3 Å². The van der Waals surface area contributed by atoms with Gasteiger partial charge in [0.1, 0.15) is 18.8 Å². The molecule has 0 amide bonds. The topological polar surface area (TPSA) is 105 Å². The molecule has 0 saturated carbocycles. The predicted octanol–water partition coefficient (Wildman–Crippen LogP) is 3.64. The first-order valence-corrected chi connectivity index (χ1v) is 7.45. The minimum atomic E-state index is -4.73. The Hall–Kier alpha value is -3.61. The first-order chi connectivity index (χ1) is 12.7. The third-order valence-corrected chi connectivity index (χ3v) is 3.47. The SMILES string of the molecule is N#Cc1ccccc1COC(=O)CNc1ccc(C(F)(F)F)cc1[N+](=O)[O-]. The van der Waals surface area contributed by atoms with Gasteiger partial charge in [0, 0.05) is 11.6 Å².